The number of benzene rings is 2. The molecule has 0 aliphatic heterocycles. The first kappa shape index (κ1) is 15.9. The zero-order chi connectivity index (χ0) is 18.3. The van der Waals surface area contributed by atoms with Crippen LogP contribution >= 0.6 is 0 Å². The Morgan fingerprint density at radius 3 is 2.62 bits per heavy atom. The molecule has 8 heteroatoms. The highest BCUT2D eigenvalue weighted by Crippen LogP contribution is 2.23. The minimum absolute atomic E-state index is 0.0195. The zero-order valence-electron chi connectivity index (χ0n) is 13.2. The fourth-order valence-corrected chi connectivity index (χ4v) is 2.73. The van der Waals surface area contributed by atoms with Crippen LogP contribution < -0.4 is 5.63 Å². The molecule has 4 rings (SSSR count). The SMILES string of the molecule is O=c1cc(Cn2cc(-c3cc(F)cc(F)c3)nn2)c2ccc(O)cc2o1. The first-order chi connectivity index (χ1) is 12.5. The van der Waals surface area contributed by atoms with E-state index in [4.69, 9.17) is 4.42 Å². The number of fused-ring (bicyclic) bond motifs is 1. The summed E-state index contributed by atoms with van der Waals surface area (Å²) in [4.78, 5) is 11.7. The molecule has 0 atom stereocenters. The number of hydrogen-bond acceptors (Lipinski definition) is 5. The van der Waals surface area contributed by atoms with Crippen LogP contribution in [0.1, 0.15) is 5.56 Å². The number of aromatic hydroxyl groups is 1. The van der Waals surface area contributed by atoms with Crippen LogP contribution in [0.5, 0.6) is 5.75 Å². The summed E-state index contributed by atoms with van der Waals surface area (Å²) in [5.74, 6) is -1.43. The molecule has 130 valence electrons. The van der Waals surface area contributed by atoms with E-state index in [0.717, 1.165) is 18.2 Å². The topological polar surface area (TPSA) is 81.2 Å². The lowest BCUT2D eigenvalue weighted by Gasteiger charge is -2.05. The molecule has 2 aromatic carbocycles. The maximum absolute atomic E-state index is 13.4. The van der Waals surface area contributed by atoms with Crippen LogP contribution in [0.3, 0.4) is 0 Å². The second kappa shape index (κ2) is 6.07. The molecule has 0 radical (unpaired) electrons. The Morgan fingerprint density at radius 2 is 1.85 bits per heavy atom. The van der Waals surface area contributed by atoms with Crippen molar-refractivity contribution in [1.82, 2.24) is 15.0 Å². The van der Waals surface area contributed by atoms with Crippen molar-refractivity contribution in [2.24, 2.45) is 0 Å². The van der Waals surface area contributed by atoms with Crippen molar-refractivity contribution < 1.29 is 18.3 Å². The summed E-state index contributed by atoms with van der Waals surface area (Å²) in [5.41, 5.74) is 0.855. The van der Waals surface area contributed by atoms with Gasteiger partial charge in [-0.05, 0) is 29.8 Å². The standard InChI is InChI=1S/C18H11F2N3O3/c19-12-3-10(4-13(20)6-12)16-9-23(22-21-16)8-11-5-18(25)26-17-7-14(24)1-2-15(11)17/h1-7,9,24H,8H2. The predicted molar refractivity (Wildman–Crippen MR) is 88.6 cm³/mol. The molecule has 6 nitrogen and oxygen atoms in total. The number of hydrogen-bond donors (Lipinski definition) is 1. The van der Waals surface area contributed by atoms with Gasteiger partial charge in [-0.2, -0.15) is 0 Å². The van der Waals surface area contributed by atoms with E-state index in [-0.39, 0.29) is 23.4 Å². The van der Waals surface area contributed by atoms with Gasteiger partial charge in [-0.15, -0.1) is 5.10 Å². The lowest BCUT2D eigenvalue weighted by atomic mass is 10.1. The van der Waals surface area contributed by atoms with Gasteiger partial charge in [0.25, 0.3) is 0 Å². The third-order valence-corrected chi connectivity index (χ3v) is 3.84. The summed E-state index contributed by atoms with van der Waals surface area (Å²) in [5, 5.41) is 18.0. The van der Waals surface area contributed by atoms with Gasteiger partial charge in [-0.1, -0.05) is 5.21 Å². The normalized spacial score (nSPS) is 11.2. The molecule has 0 unspecified atom stereocenters. The van der Waals surface area contributed by atoms with Gasteiger partial charge < -0.3 is 9.52 Å². The van der Waals surface area contributed by atoms with Crippen molar-refractivity contribution in [2.75, 3.05) is 0 Å². The molecule has 4 aromatic rings. The van der Waals surface area contributed by atoms with Gasteiger partial charge in [-0.3, -0.25) is 0 Å². The molecule has 26 heavy (non-hydrogen) atoms. The van der Waals surface area contributed by atoms with Crippen molar-refractivity contribution in [3.05, 3.63) is 76.3 Å². The third-order valence-electron chi connectivity index (χ3n) is 3.84. The van der Waals surface area contributed by atoms with E-state index in [2.05, 4.69) is 10.3 Å². The highest BCUT2D eigenvalue weighted by molar-refractivity contribution is 5.81. The molecule has 0 saturated heterocycles. The smallest absolute Gasteiger partial charge is 0.336 e. The van der Waals surface area contributed by atoms with Gasteiger partial charge in [0.2, 0.25) is 0 Å². The maximum Gasteiger partial charge on any atom is 0.336 e. The van der Waals surface area contributed by atoms with Crippen LogP contribution in [0.2, 0.25) is 0 Å². The lowest BCUT2D eigenvalue weighted by Crippen LogP contribution is -2.06. The molecule has 1 N–H and O–H groups in total. The highest BCUT2D eigenvalue weighted by Gasteiger charge is 2.11. The molecule has 0 aliphatic rings. The molecule has 2 heterocycles. The van der Waals surface area contributed by atoms with Crippen molar-refractivity contribution in [1.29, 1.82) is 0 Å². The summed E-state index contributed by atoms with van der Waals surface area (Å²) in [6.07, 6.45) is 1.52. The van der Waals surface area contributed by atoms with Gasteiger partial charge in [-0.25, -0.2) is 18.3 Å². The van der Waals surface area contributed by atoms with E-state index in [1.54, 1.807) is 6.07 Å². The maximum atomic E-state index is 13.4. The number of halogens is 2. The van der Waals surface area contributed by atoms with Crippen LogP contribution in [-0.4, -0.2) is 20.1 Å². The van der Waals surface area contributed by atoms with Crippen molar-refractivity contribution >= 4 is 11.0 Å². The lowest BCUT2D eigenvalue weighted by molar-refractivity contribution is 0.473. The van der Waals surface area contributed by atoms with Crippen LogP contribution in [-0.2, 0) is 6.54 Å². The van der Waals surface area contributed by atoms with E-state index in [1.165, 1.54) is 29.1 Å². The Balaban J connectivity index is 1.72. The van der Waals surface area contributed by atoms with Crippen molar-refractivity contribution in [3.8, 4) is 17.0 Å². The molecule has 2 aromatic heterocycles. The minimum Gasteiger partial charge on any atom is -0.508 e. The Kier molecular flexibility index (Phi) is 3.72. The molecule has 0 amide bonds. The molecule has 0 spiro atoms. The van der Waals surface area contributed by atoms with E-state index < -0.39 is 17.3 Å². The Morgan fingerprint density at radius 1 is 1.08 bits per heavy atom. The molecule has 0 bridgehead atoms. The van der Waals surface area contributed by atoms with E-state index in [0.29, 0.717) is 16.6 Å². The highest BCUT2D eigenvalue weighted by atomic mass is 19.1. The number of phenols is 1. The summed E-state index contributed by atoms with van der Waals surface area (Å²) in [7, 11) is 0. The predicted octanol–water partition coefficient (Wildman–Crippen LogP) is 3.08. The Labute approximate surface area is 144 Å². The van der Waals surface area contributed by atoms with E-state index in [9.17, 15) is 18.7 Å². The van der Waals surface area contributed by atoms with Gasteiger partial charge in [0.1, 0.15) is 28.7 Å². The number of nitrogens with zero attached hydrogens (tertiary/aromatic N) is 3. The Bertz CT molecular complexity index is 1160. The molecule has 0 fully saturated rings. The summed E-state index contributed by atoms with van der Waals surface area (Å²) >= 11 is 0. The molecular weight excluding hydrogens is 344 g/mol. The van der Waals surface area contributed by atoms with Crippen molar-refractivity contribution in [3.63, 3.8) is 0 Å². The van der Waals surface area contributed by atoms with Gasteiger partial charge >= 0.3 is 5.63 Å². The fourth-order valence-electron chi connectivity index (χ4n) is 2.73. The second-order valence-corrected chi connectivity index (χ2v) is 5.73. The summed E-state index contributed by atoms with van der Waals surface area (Å²) in [6, 6.07) is 8.88. The quantitative estimate of drug-likeness (QED) is 0.571. The van der Waals surface area contributed by atoms with Crippen molar-refractivity contribution in [2.45, 2.75) is 6.54 Å². The summed E-state index contributed by atoms with van der Waals surface area (Å²) in [6.45, 7) is 0.192. The largest absolute Gasteiger partial charge is 0.508 e. The summed E-state index contributed by atoms with van der Waals surface area (Å²) < 4.78 is 33.2. The van der Waals surface area contributed by atoms with Gasteiger partial charge in [0, 0.05) is 29.1 Å². The van der Waals surface area contributed by atoms with Gasteiger partial charge in [0.15, 0.2) is 0 Å². The van der Waals surface area contributed by atoms with Crippen LogP contribution in [0.25, 0.3) is 22.2 Å². The average Bonchev–Trinajstić information content (AvgIpc) is 3.02. The minimum atomic E-state index is -0.707. The Hall–Kier alpha value is -3.55. The van der Waals surface area contributed by atoms with E-state index in [1.807, 2.05) is 0 Å². The zero-order valence-corrected chi connectivity index (χ0v) is 13.2. The van der Waals surface area contributed by atoms with E-state index >= 15 is 0 Å². The number of rotatable bonds is 3. The average molecular weight is 355 g/mol. The molecule has 0 saturated carbocycles. The fraction of sp³-hybridized carbons (Fsp3) is 0.0556. The first-order valence-corrected chi connectivity index (χ1v) is 7.60. The van der Waals surface area contributed by atoms with Gasteiger partial charge in [0.05, 0.1) is 12.7 Å². The monoisotopic (exact) mass is 355 g/mol. The van der Waals surface area contributed by atoms with Crippen LogP contribution in [0.4, 0.5) is 8.78 Å². The molecule has 0 aliphatic carbocycles. The second-order valence-electron chi connectivity index (χ2n) is 5.73. The molecular formula is C18H11F2N3O3. The van der Waals surface area contributed by atoms with Crippen LogP contribution in [0.15, 0.2) is 57.9 Å². The number of phenolic OH excluding ortho intramolecular Hbond substituents is 1. The third kappa shape index (κ3) is 3.04. The first-order valence-electron chi connectivity index (χ1n) is 7.60. The number of aromatic nitrogens is 3. The van der Waals surface area contributed by atoms with Crippen LogP contribution in [0, 0.1) is 11.6 Å².